The highest BCUT2D eigenvalue weighted by Gasteiger charge is 1.86. The number of benzene rings is 1. The Morgan fingerprint density at radius 2 is 1.90 bits per heavy atom. The van der Waals surface area contributed by atoms with Gasteiger partial charge in [0.05, 0.1) is 1.37 Å². The summed E-state index contributed by atoms with van der Waals surface area (Å²) >= 11 is 0. The number of hydrogen-bond donors (Lipinski definition) is 0. The van der Waals surface area contributed by atoms with Crippen molar-refractivity contribution in [1.29, 1.82) is 0 Å². The zero-order valence-electron chi connectivity index (χ0n) is 6.41. The van der Waals surface area contributed by atoms with Gasteiger partial charge in [-0.3, -0.25) is 4.98 Å². The van der Waals surface area contributed by atoms with Crippen molar-refractivity contribution in [2.45, 2.75) is 0 Å². The van der Waals surface area contributed by atoms with Gasteiger partial charge < -0.3 is 0 Å². The van der Waals surface area contributed by atoms with Crippen LogP contribution < -0.4 is 0 Å². The monoisotopic (exact) mass is 130 g/mol. The molecule has 2 aromatic rings. The molecule has 2 rings (SSSR count). The van der Waals surface area contributed by atoms with E-state index < -0.39 is 0 Å². The van der Waals surface area contributed by atoms with Gasteiger partial charge in [0.2, 0.25) is 0 Å². The Morgan fingerprint density at radius 1 is 1.10 bits per heavy atom. The maximum absolute atomic E-state index is 7.45. The number of hydrogen-bond acceptors (Lipinski definition) is 1. The fraction of sp³-hybridized carbons (Fsp3) is 0. The molecule has 0 unspecified atom stereocenters. The van der Waals surface area contributed by atoms with Gasteiger partial charge in [-0.2, -0.15) is 0 Å². The molecule has 0 atom stereocenters. The molecule has 0 N–H and O–H groups in total. The van der Waals surface area contributed by atoms with Crippen molar-refractivity contribution in [3.05, 3.63) is 42.7 Å². The molecule has 0 fully saturated rings. The van der Waals surface area contributed by atoms with Gasteiger partial charge in [0, 0.05) is 12.4 Å². The van der Waals surface area contributed by atoms with E-state index in [-0.39, 0.29) is 0 Å². The molecule has 1 nitrogen and oxygen atoms in total. The van der Waals surface area contributed by atoms with Crippen molar-refractivity contribution in [1.82, 2.24) is 4.98 Å². The van der Waals surface area contributed by atoms with Gasteiger partial charge in [0.1, 0.15) is 0 Å². The van der Waals surface area contributed by atoms with Crippen LogP contribution in [0.2, 0.25) is 0 Å². The number of fused-ring (bicyclic) bond motifs is 1. The smallest absolute Gasteiger partial charge is 0.0847 e. The van der Waals surface area contributed by atoms with Crippen LogP contribution in [0.4, 0.5) is 0 Å². The molecular formula is C9H7N. The van der Waals surface area contributed by atoms with Gasteiger partial charge >= 0.3 is 0 Å². The summed E-state index contributed by atoms with van der Waals surface area (Å²) in [6.07, 6.45) is 2.01. The minimum atomic E-state index is 0.350. The SMILES string of the molecule is [2H]c1nccc2ccccc12. The minimum Gasteiger partial charge on any atom is -0.264 e. The van der Waals surface area contributed by atoms with E-state index in [0.717, 1.165) is 10.8 Å². The molecule has 1 aromatic carbocycles. The minimum absolute atomic E-state index is 0.350. The van der Waals surface area contributed by atoms with E-state index in [0.29, 0.717) is 6.17 Å². The van der Waals surface area contributed by atoms with Gasteiger partial charge in [-0.25, -0.2) is 0 Å². The molecule has 0 saturated heterocycles. The Kier molecular flexibility index (Phi) is 0.935. The van der Waals surface area contributed by atoms with Crippen LogP contribution in [0.15, 0.2) is 42.7 Å². The van der Waals surface area contributed by atoms with E-state index in [4.69, 9.17) is 1.37 Å². The first-order chi connectivity index (χ1) is 5.38. The van der Waals surface area contributed by atoms with E-state index >= 15 is 0 Å². The van der Waals surface area contributed by atoms with Gasteiger partial charge in [0.15, 0.2) is 0 Å². The molecule has 0 bridgehead atoms. The molecule has 0 saturated carbocycles. The summed E-state index contributed by atoms with van der Waals surface area (Å²) in [4.78, 5) is 3.87. The van der Waals surface area contributed by atoms with Crippen LogP contribution in [-0.2, 0) is 0 Å². The lowest BCUT2D eigenvalue weighted by Crippen LogP contribution is -1.71. The lowest BCUT2D eigenvalue weighted by Gasteiger charge is -1.91. The molecule has 0 radical (unpaired) electrons. The van der Waals surface area contributed by atoms with E-state index in [9.17, 15) is 0 Å². The van der Waals surface area contributed by atoms with Crippen molar-refractivity contribution >= 4 is 10.8 Å². The first kappa shape index (κ1) is 4.45. The Labute approximate surface area is 60.7 Å². The summed E-state index contributed by atoms with van der Waals surface area (Å²) in [7, 11) is 0. The van der Waals surface area contributed by atoms with Crippen molar-refractivity contribution in [3.8, 4) is 0 Å². The molecule has 0 aliphatic carbocycles. The zero-order valence-corrected chi connectivity index (χ0v) is 5.41. The summed E-state index contributed by atoms with van der Waals surface area (Å²) in [6, 6.07) is 9.68. The van der Waals surface area contributed by atoms with Crippen LogP contribution in [0.25, 0.3) is 10.8 Å². The van der Waals surface area contributed by atoms with Gasteiger partial charge in [-0.1, -0.05) is 24.3 Å². The second-order valence-electron chi connectivity index (χ2n) is 2.14. The average molecular weight is 130 g/mol. The van der Waals surface area contributed by atoms with Crippen molar-refractivity contribution < 1.29 is 1.37 Å². The number of nitrogens with zero attached hydrogens (tertiary/aromatic N) is 1. The zero-order chi connectivity index (χ0) is 7.68. The topological polar surface area (TPSA) is 12.9 Å². The Morgan fingerprint density at radius 3 is 2.70 bits per heavy atom. The van der Waals surface area contributed by atoms with E-state index in [1.54, 1.807) is 6.20 Å². The van der Waals surface area contributed by atoms with Gasteiger partial charge in [-0.15, -0.1) is 0 Å². The number of rotatable bonds is 0. The van der Waals surface area contributed by atoms with Crippen LogP contribution in [-0.4, -0.2) is 4.98 Å². The van der Waals surface area contributed by atoms with Crippen molar-refractivity contribution in [2.24, 2.45) is 0 Å². The second kappa shape index (κ2) is 2.10. The van der Waals surface area contributed by atoms with Crippen molar-refractivity contribution in [3.63, 3.8) is 0 Å². The largest absolute Gasteiger partial charge is 0.264 e. The summed E-state index contributed by atoms with van der Waals surface area (Å²) in [6.45, 7) is 0. The first-order valence-electron chi connectivity index (χ1n) is 3.68. The fourth-order valence-corrected chi connectivity index (χ4v) is 0.969. The summed E-state index contributed by atoms with van der Waals surface area (Å²) < 4.78 is 7.45. The third kappa shape index (κ3) is 0.760. The lowest BCUT2D eigenvalue weighted by atomic mass is 10.2. The summed E-state index contributed by atoms with van der Waals surface area (Å²) in [5, 5.41) is 1.99. The highest BCUT2D eigenvalue weighted by Crippen LogP contribution is 2.09. The lowest BCUT2D eigenvalue weighted by molar-refractivity contribution is 1.36. The third-order valence-corrected chi connectivity index (χ3v) is 1.47. The van der Waals surface area contributed by atoms with Crippen LogP contribution in [0, 0.1) is 0 Å². The molecule has 10 heavy (non-hydrogen) atoms. The van der Waals surface area contributed by atoms with Crippen molar-refractivity contribution in [2.75, 3.05) is 0 Å². The first-order valence-corrected chi connectivity index (χ1v) is 3.18. The van der Waals surface area contributed by atoms with Crippen LogP contribution in [0.5, 0.6) is 0 Å². The van der Waals surface area contributed by atoms with Crippen LogP contribution in [0.3, 0.4) is 0 Å². The Hall–Kier alpha value is -1.37. The second-order valence-corrected chi connectivity index (χ2v) is 2.14. The molecular weight excluding hydrogens is 122 g/mol. The quantitative estimate of drug-likeness (QED) is 0.533. The molecule has 0 amide bonds. The van der Waals surface area contributed by atoms with E-state index in [2.05, 4.69) is 4.98 Å². The van der Waals surface area contributed by atoms with Gasteiger partial charge in [0.25, 0.3) is 0 Å². The highest BCUT2D eigenvalue weighted by atomic mass is 14.6. The highest BCUT2D eigenvalue weighted by molar-refractivity contribution is 5.80. The number of pyridine rings is 1. The predicted octanol–water partition coefficient (Wildman–Crippen LogP) is 2.23. The molecule has 0 aliphatic heterocycles. The molecule has 1 heterocycles. The number of aromatic nitrogens is 1. The average Bonchev–Trinajstić information content (AvgIpc) is 2.06. The fourth-order valence-electron chi connectivity index (χ4n) is 0.969. The van der Waals surface area contributed by atoms with E-state index in [1.807, 2.05) is 30.3 Å². The molecule has 1 heteroatoms. The molecule has 0 aliphatic rings. The third-order valence-electron chi connectivity index (χ3n) is 1.47. The molecule has 0 spiro atoms. The molecule has 48 valence electrons. The molecule has 1 aromatic heterocycles. The maximum Gasteiger partial charge on any atom is 0.0847 e. The summed E-state index contributed by atoms with van der Waals surface area (Å²) in [5.74, 6) is 0. The predicted molar refractivity (Wildman–Crippen MR) is 41.7 cm³/mol. The normalized spacial score (nSPS) is 11.4. The van der Waals surface area contributed by atoms with Gasteiger partial charge in [-0.05, 0) is 16.8 Å². The summed E-state index contributed by atoms with van der Waals surface area (Å²) in [5.41, 5.74) is 0. The Balaban J connectivity index is 2.91. The Bertz CT molecular complexity index is 379. The van der Waals surface area contributed by atoms with E-state index in [1.165, 1.54) is 0 Å². The van der Waals surface area contributed by atoms with Crippen LogP contribution >= 0.6 is 0 Å². The standard InChI is InChI=1S/C9H7N/c1-2-4-9-7-10-6-5-8(9)3-1/h1-7H/i7D. The van der Waals surface area contributed by atoms with Crippen LogP contribution in [0.1, 0.15) is 1.37 Å². The maximum atomic E-state index is 7.45.